The fourth-order valence-electron chi connectivity index (χ4n) is 1.98. The topological polar surface area (TPSA) is 78.4 Å². The number of amides is 2. The van der Waals surface area contributed by atoms with Gasteiger partial charge in [-0.25, -0.2) is 9.59 Å². The summed E-state index contributed by atoms with van der Waals surface area (Å²) in [6.45, 7) is 2.13. The van der Waals surface area contributed by atoms with E-state index in [2.05, 4.69) is 17.6 Å². The summed E-state index contributed by atoms with van der Waals surface area (Å²) in [6.07, 6.45) is 3.06. The molecule has 2 aliphatic rings. The molecule has 0 aliphatic heterocycles. The summed E-state index contributed by atoms with van der Waals surface area (Å²) in [5.41, 5.74) is -0.973. The van der Waals surface area contributed by atoms with Crippen LogP contribution >= 0.6 is 0 Å². The Hall–Kier alpha value is -1.26. The summed E-state index contributed by atoms with van der Waals surface area (Å²) in [5.74, 6) is -0.260. The van der Waals surface area contributed by atoms with Crippen molar-refractivity contribution >= 4 is 12.0 Å². The van der Waals surface area contributed by atoms with Gasteiger partial charge in [0.25, 0.3) is 0 Å². The van der Waals surface area contributed by atoms with Crippen LogP contribution in [0.5, 0.6) is 0 Å². The van der Waals surface area contributed by atoms with E-state index in [1.165, 1.54) is 0 Å². The Morgan fingerprint density at radius 1 is 1.33 bits per heavy atom. The van der Waals surface area contributed by atoms with Crippen molar-refractivity contribution in [1.29, 1.82) is 0 Å². The van der Waals surface area contributed by atoms with Gasteiger partial charge in [0.05, 0.1) is 0 Å². The minimum absolute atomic E-state index is 0.226. The van der Waals surface area contributed by atoms with Crippen molar-refractivity contribution in [2.24, 2.45) is 5.92 Å². The number of urea groups is 1. The maximum atomic E-state index is 11.4. The van der Waals surface area contributed by atoms with E-state index in [0.29, 0.717) is 18.8 Å². The van der Waals surface area contributed by atoms with Gasteiger partial charge in [-0.2, -0.15) is 0 Å². The average Bonchev–Trinajstić information content (AvgIpc) is 2.82. The molecule has 0 aromatic heterocycles. The van der Waals surface area contributed by atoms with Crippen LogP contribution in [0.15, 0.2) is 0 Å². The molecule has 0 bridgehead atoms. The third-order valence-electron chi connectivity index (χ3n) is 3.22. The van der Waals surface area contributed by atoms with Crippen LogP contribution < -0.4 is 10.6 Å². The molecule has 15 heavy (non-hydrogen) atoms. The summed E-state index contributed by atoms with van der Waals surface area (Å²) in [7, 11) is 0. The van der Waals surface area contributed by atoms with E-state index in [1.807, 2.05) is 0 Å². The van der Waals surface area contributed by atoms with E-state index in [0.717, 1.165) is 12.8 Å². The molecule has 2 fully saturated rings. The Morgan fingerprint density at radius 2 is 1.93 bits per heavy atom. The first-order chi connectivity index (χ1) is 7.02. The number of nitrogens with one attached hydrogen (secondary N) is 2. The van der Waals surface area contributed by atoms with E-state index in [4.69, 9.17) is 5.11 Å². The molecule has 0 radical (unpaired) electrons. The molecule has 0 unspecified atom stereocenters. The van der Waals surface area contributed by atoms with Crippen LogP contribution in [0.3, 0.4) is 0 Å². The SMILES string of the molecule is CC1CC(NC(=O)NC2(C(=O)O)CC2)C1. The van der Waals surface area contributed by atoms with Gasteiger partial charge in [-0.15, -0.1) is 0 Å². The maximum absolute atomic E-state index is 11.4. The Labute approximate surface area is 88.2 Å². The highest BCUT2D eigenvalue weighted by molar-refractivity contribution is 5.89. The third kappa shape index (κ3) is 2.06. The predicted molar refractivity (Wildman–Crippen MR) is 53.5 cm³/mol. The lowest BCUT2D eigenvalue weighted by molar-refractivity contribution is -0.140. The number of carbonyl (C=O) groups excluding carboxylic acids is 1. The van der Waals surface area contributed by atoms with Crippen LogP contribution in [0.2, 0.25) is 0 Å². The Bertz CT molecular complexity index is 293. The number of carboxylic acids is 1. The van der Waals surface area contributed by atoms with Gasteiger partial charge in [-0.05, 0) is 31.6 Å². The first kappa shape index (κ1) is 10.3. The molecule has 3 N–H and O–H groups in total. The van der Waals surface area contributed by atoms with E-state index in [9.17, 15) is 9.59 Å². The van der Waals surface area contributed by atoms with Gasteiger partial charge in [-0.3, -0.25) is 0 Å². The van der Waals surface area contributed by atoms with Crippen molar-refractivity contribution in [3.8, 4) is 0 Å². The molecule has 2 amide bonds. The Morgan fingerprint density at radius 3 is 2.33 bits per heavy atom. The molecular weight excluding hydrogens is 196 g/mol. The van der Waals surface area contributed by atoms with Crippen LogP contribution in [0.1, 0.15) is 32.6 Å². The summed E-state index contributed by atoms with van der Waals surface area (Å²) < 4.78 is 0. The monoisotopic (exact) mass is 212 g/mol. The van der Waals surface area contributed by atoms with Gasteiger partial charge in [0.15, 0.2) is 0 Å². The highest BCUT2D eigenvalue weighted by Crippen LogP contribution is 2.35. The van der Waals surface area contributed by atoms with E-state index in [-0.39, 0.29) is 12.1 Å². The summed E-state index contributed by atoms with van der Waals surface area (Å²) in [4.78, 5) is 22.2. The fraction of sp³-hybridized carbons (Fsp3) is 0.800. The van der Waals surface area contributed by atoms with Crippen LogP contribution in [-0.4, -0.2) is 28.7 Å². The van der Waals surface area contributed by atoms with Crippen LogP contribution in [-0.2, 0) is 4.79 Å². The zero-order chi connectivity index (χ0) is 11.1. The first-order valence-corrected chi connectivity index (χ1v) is 5.34. The lowest BCUT2D eigenvalue weighted by Gasteiger charge is -2.33. The highest BCUT2D eigenvalue weighted by Gasteiger charge is 2.51. The van der Waals surface area contributed by atoms with Gasteiger partial charge in [-0.1, -0.05) is 6.92 Å². The molecule has 0 spiro atoms. The largest absolute Gasteiger partial charge is 0.480 e. The Balaban J connectivity index is 1.76. The standard InChI is InChI=1S/C10H16N2O3/c1-6-4-7(5-6)11-9(15)12-10(2-3-10)8(13)14/h6-7H,2-5H2,1H3,(H,13,14)(H2,11,12,15). The number of carboxylic acid groups (broad SMARTS) is 1. The number of hydrogen-bond acceptors (Lipinski definition) is 2. The number of hydrogen-bond donors (Lipinski definition) is 3. The smallest absolute Gasteiger partial charge is 0.329 e. The van der Waals surface area contributed by atoms with Gasteiger partial charge in [0, 0.05) is 6.04 Å². The highest BCUT2D eigenvalue weighted by atomic mass is 16.4. The molecule has 2 rings (SSSR count). The Kier molecular flexibility index (Phi) is 2.32. The zero-order valence-electron chi connectivity index (χ0n) is 8.75. The first-order valence-electron chi connectivity index (χ1n) is 5.34. The molecule has 5 nitrogen and oxygen atoms in total. The molecule has 5 heteroatoms. The molecule has 0 aromatic rings. The lowest BCUT2D eigenvalue weighted by atomic mass is 9.82. The molecular formula is C10H16N2O3. The van der Waals surface area contributed by atoms with Crippen LogP contribution in [0.4, 0.5) is 4.79 Å². The second kappa shape index (κ2) is 3.40. The van der Waals surface area contributed by atoms with Gasteiger partial charge >= 0.3 is 12.0 Å². The molecule has 0 heterocycles. The average molecular weight is 212 g/mol. The molecule has 84 valence electrons. The molecule has 2 aliphatic carbocycles. The second-order valence-electron chi connectivity index (χ2n) is 4.76. The zero-order valence-corrected chi connectivity index (χ0v) is 8.75. The third-order valence-corrected chi connectivity index (χ3v) is 3.22. The predicted octanol–water partition coefficient (Wildman–Crippen LogP) is 0.701. The van der Waals surface area contributed by atoms with Gasteiger partial charge in [0.2, 0.25) is 0 Å². The number of carbonyl (C=O) groups is 2. The minimum Gasteiger partial charge on any atom is -0.480 e. The minimum atomic E-state index is -0.973. The summed E-state index contributed by atoms with van der Waals surface area (Å²) in [5, 5.41) is 14.2. The normalized spacial score (nSPS) is 31.3. The van der Waals surface area contributed by atoms with Gasteiger partial charge < -0.3 is 15.7 Å². The van der Waals surface area contributed by atoms with Crippen molar-refractivity contribution in [2.75, 3.05) is 0 Å². The van der Waals surface area contributed by atoms with Gasteiger partial charge in [0.1, 0.15) is 5.54 Å². The summed E-state index contributed by atoms with van der Waals surface area (Å²) in [6, 6.07) is -0.114. The maximum Gasteiger partial charge on any atom is 0.329 e. The quantitative estimate of drug-likeness (QED) is 0.644. The summed E-state index contributed by atoms with van der Waals surface area (Å²) >= 11 is 0. The van der Waals surface area contributed by atoms with Crippen molar-refractivity contribution in [2.45, 2.75) is 44.2 Å². The van der Waals surface area contributed by atoms with E-state index < -0.39 is 11.5 Å². The van der Waals surface area contributed by atoms with Crippen molar-refractivity contribution in [1.82, 2.24) is 10.6 Å². The van der Waals surface area contributed by atoms with Crippen LogP contribution in [0.25, 0.3) is 0 Å². The van der Waals surface area contributed by atoms with Crippen LogP contribution in [0, 0.1) is 5.92 Å². The molecule has 0 atom stereocenters. The van der Waals surface area contributed by atoms with Crippen molar-refractivity contribution in [3.63, 3.8) is 0 Å². The van der Waals surface area contributed by atoms with E-state index >= 15 is 0 Å². The fourth-order valence-corrected chi connectivity index (χ4v) is 1.98. The van der Waals surface area contributed by atoms with E-state index in [1.54, 1.807) is 0 Å². The number of aliphatic carboxylic acids is 1. The second-order valence-corrected chi connectivity index (χ2v) is 4.76. The van der Waals surface area contributed by atoms with Crippen molar-refractivity contribution < 1.29 is 14.7 Å². The molecule has 2 saturated carbocycles. The molecule has 0 aromatic carbocycles. The van der Waals surface area contributed by atoms with Crippen molar-refractivity contribution in [3.05, 3.63) is 0 Å². The lowest BCUT2D eigenvalue weighted by Crippen LogP contribution is -2.53. The molecule has 0 saturated heterocycles. The number of rotatable bonds is 3.